The Balaban J connectivity index is 2.62. The van der Waals surface area contributed by atoms with E-state index in [2.05, 4.69) is 10.1 Å². The average molecular weight is 261 g/mol. The fraction of sp³-hybridized carbons (Fsp3) is 0.250. The van der Waals surface area contributed by atoms with Crippen LogP contribution in [-0.2, 0) is 4.74 Å². The van der Waals surface area contributed by atoms with Crippen LogP contribution in [0.4, 0.5) is 11.6 Å². The standard InChI is InChI=1S/C12H15N5O2/c1-16(2)11-9(12(18)19-3)10(13)17(15-11)8-6-4-5-7-14-8/h4-7H,13H2,1-3H3. The molecule has 0 fully saturated rings. The van der Waals surface area contributed by atoms with Gasteiger partial charge < -0.3 is 15.4 Å². The van der Waals surface area contributed by atoms with E-state index < -0.39 is 5.97 Å². The molecule has 0 aliphatic carbocycles. The molecule has 19 heavy (non-hydrogen) atoms. The topological polar surface area (TPSA) is 86.3 Å². The van der Waals surface area contributed by atoms with Crippen LogP contribution in [0.1, 0.15) is 10.4 Å². The third kappa shape index (κ3) is 2.22. The number of esters is 1. The number of nitrogen functional groups attached to an aromatic ring is 1. The van der Waals surface area contributed by atoms with Crippen LogP contribution in [0.5, 0.6) is 0 Å². The van der Waals surface area contributed by atoms with Crippen LogP contribution < -0.4 is 10.6 Å². The monoisotopic (exact) mass is 261 g/mol. The first-order chi connectivity index (χ1) is 9.06. The normalized spacial score (nSPS) is 10.3. The summed E-state index contributed by atoms with van der Waals surface area (Å²) in [6.07, 6.45) is 1.63. The van der Waals surface area contributed by atoms with Crippen molar-refractivity contribution in [1.29, 1.82) is 0 Å². The summed E-state index contributed by atoms with van der Waals surface area (Å²) in [5, 5.41) is 4.30. The quantitative estimate of drug-likeness (QED) is 0.818. The zero-order valence-corrected chi connectivity index (χ0v) is 11.0. The van der Waals surface area contributed by atoms with Crippen molar-refractivity contribution in [3.63, 3.8) is 0 Å². The highest BCUT2D eigenvalue weighted by Crippen LogP contribution is 2.26. The summed E-state index contributed by atoms with van der Waals surface area (Å²) in [5.74, 6) is 0.658. The van der Waals surface area contributed by atoms with Gasteiger partial charge in [0, 0.05) is 20.3 Å². The first-order valence-electron chi connectivity index (χ1n) is 5.61. The van der Waals surface area contributed by atoms with Gasteiger partial charge in [-0.15, -0.1) is 5.10 Å². The Hall–Kier alpha value is -2.57. The van der Waals surface area contributed by atoms with Crippen LogP contribution in [-0.4, -0.2) is 41.9 Å². The maximum Gasteiger partial charge on any atom is 0.345 e. The Morgan fingerprint density at radius 2 is 2.16 bits per heavy atom. The van der Waals surface area contributed by atoms with Crippen molar-refractivity contribution in [3.05, 3.63) is 30.0 Å². The van der Waals surface area contributed by atoms with E-state index >= 15 is 0 Å². The molecular formula is C12H15N5O2. The smallest absolute Gasteiger partial charge is 0.345 e. The summed E-state index contributed by atoms with van der Waals surface area (Å²) < 4.78 is 6.16. The second-order valence-electron chi connectivity index (χ2n) is 4.07. The molecule has 0 radical (unpaired) electrons. The van der Waals surface area contributed by atoms with E-state index in [1.54, 1.807) is 37.3 Å². The van der Waals surface area contributed by atoms with Gasteiger partial charge in [-0.3, -0.25) is 0 Å². The van der Waals surface area contributed by atoms with Gasteiger partial charge in [-0.25, -0.2) is 9.78 Å². The summed E-state index contributed by atoms with van der Waals surface area (Å²) in [4.78, 5) is 17.7. The van der Waals surface area contributed by atoms with Gasteiger partial charge in [0.15, 0.2) is 11.6 Å². The number of aromatic nitrogens is 3. The molecule has 7 nitrogen and oxygen atoms in total. The fourth-order valence-corrected chi connectivity index (χ4v) is 1.68. The van der Waals surface area contributed by atoms with E-state index in [1.165, 1.54) is 11.8 Å². The average Bonchev–Trinajstić information content (AvgIpc) is 2.77. The number of hydrogen-bond donors (Lipinski definition) is 1. The maximum absolute atomic E-state index is 11.8. The van der Waals surface area contributed by atoms with Crippen LogP contribution in [0.25, 0.3) is 5.82 Å². The van der Waals surface area contributed by atoms with Crippen molar-refractivity contribution in [1.82, 2.24) is 14.8 Å². The number of rotatable bonds is 3. The molecular weight excluding hydrogens is 246 g/mol. The molecule has 2 heterocycles. The molecule has 2 aromatic heterocycles. The van der Waals surface area contributed by atoms with Crippen molar-refractivity contribution >= 4 is 17.6 Å². The molecule has 0 amide bonds. The maximum atomic E-state index is 11.8. The number of nitrogens with two attached hydrogens (primary N) is 1. The Morgan fingerprint density at radius 3 is 2.68 bits per heavy atom. The van der Waals surface area contributed by atoms with Gasteiger partial charge >= 0.3 is 5.97 Å². The van der Waals surface area contributed by atoms with Crippen LogP contribution in [0.2, 0.25) is 0 Å². The highest BCUT2D eigenvalue weighted by molar-refractivity contribution is 6.00. The SMILES string of the molecule is COC(=O)c1c(N(C)C)nn(-c2ccccn2)c1N. The van der Waals surface area contributed by atoms with E-state index in [-0.39, 0.29) is 11.4 Å². The second-order valence-corrected chi connectivity index (χ2v) is 4.07. The van der Waals surface area contributed by atoms with Crippen LogP contribution >= 0.6 is 0 Å². The van der Waals surface area contributed by atoms with E-state index in [0.29, 0.717) is 11.6 Å². The van der Waals surface area contributed by atoms with Gasteiger partial charge in [0.1, 0.15) is 11.4 Å². The molecule has 0 unspecified atom stereocenters. The number of methoxy groups -OCH3 is 1. The van der Waals surface area contributed by atoms with Crippen LogP contribution in [0.15, 0.2) is 24.4 Å². The molecule has 0 atom stereocenters. The third-order valence-corrected chi connectivity index (χ3v) is 2.58. The van der Waals surface area contributed by atoms with Gasteiger partial charge in [-0.05, 0) is 12.1 Å². The highest BCUT2D eigenvalue weighted by Gasteiger charge is 2.25. The Morgan fingerprint density at radius 1 is 1.42 bits per heavy atom. The Bertz CT molecular complexity index is 592. The number of ether oxygens (including phenoxy) is 1. The van der Waals surface area contributed by atoms with Crippen LogP contribution in [0.3, 0.4) is 0 Å². The molecule has 7 heteroatoms. The minimum absolute atomic E-state index is 0.203. The number of pyridine rings is 1. The van der Waals surface area contributed by atoms with Crippen molar-refractivity contribution in [2.75, 3.05) is 31.8 Å². The number of hydrogen-bond acceptors (Lipinski definition) is 6. The van der Waals surface area contributed by atoms with E-state index in [1.807, 2.05) is 6.07 Å². The molecule has 2 N–H and O–H groups in total. The molecule has 0 aliphatic heterocycles. The van der Waals surface area contributed by atoms with Gasteiger partial charge in [0.05, 0.1) is 7.11 Å². The number of carbonyl (C=O) groups is 1. The lowest BCUT2D eigenvalue weighted by atomic mass is 10.3. The number of nitrogens with zero attached hydrogens (tertiary/aromatic N) is 4. The molecule has 0 bridgehead atoms. The minimum atomic E-state index is -0.525. The molecule has 2 rings (SSSR count). The van der Waals surface area contributed by atoms with Gasteiger partial charge in [-0.1, -0.05) is 6.07 Å². The largest absolute Gasteiger partial charge is 0.465 e. The predicted molar refractivity (Wildman–Crippen MR) is 71.4 cm³/mol. The molecule has 0 saturated heterocycles. The third-order valence-electron chi connectivity index (χ3n) is 2.58. The summed E-state index contributed by atoms with van der Waals surface area (Å²) in [5.41, 5.74) is 6.22. The Labute approximate surface area is 110 Å². The van der Waals surface area contributed by atoms with Gasteiger partial charge in [0.2, 0.25) is 0 Å². The molecule has 0 spiro atoms. The minimum Gasteiger partial charge on any atom is -0.465 e. The zero-order valence-electron chi connectivity index (χ0n) is 11.0. The highest BCUT2D eigenvalue weighted by atomic mass is 16.5. The lowest BCUT2D eigenvalue weighted by Crippen LogP contribution is -2.14. The first kappa shape index (κ1) is 12.9. The first-order valence-corrected chi connectivity index (χ1v) is 5.61. The predicted octanol–water partition coefficient (Wildman–Crippen LogP) is 0.702. The van der Waals surface area contributed by atoms with E-state index in [0.717, 1.165) is 0 Å². The van der Waals surface area contributed by atoms with Crippen LogP contribution in [0, 0.1) is 0 Å². The summed E-state index contributed by atoms with van der Waals surface area (Å²) in [6, 6.07) is 5.36. The van der Waals surface area contributed by atoms with Crippen molar-refractivity contribution in [3.8, 4) is 5.82 Å². The lowest BCUT2D eigenvalue weighted by molar-refractivity contribution is 0.0602. The van der Waals surface area contributed by atoms with Gasteiger partial charge in [0.25, 0.3) is 0 Å². The van der Waals surface area contributed by atoms with E-state index in [4.69, 9.17) is 10.5 Å². The summed E-state index contributed by atoms with van der Waals surface area (Å²) in [6.45, 7) is 0. The number of anilines is 2. The van der Waals surface area contributed by atoms with Crippen molar-refractivity contribution < 1.29 is 9.53 Å². The molecule has 0 aliphatic rings. The fourth-order valence-electron chi connectivity index (χ4n) is 1.68. The molecule has 0 saturated carbocycles. The molecule has 100 valence electrons. The van der Waals surface area contributed by atoms with E-state index in [9.17, 15) is 4.79 Å². The number of carbonyl (C=O) groups excluding carboxylic acids is 1. The Kier molecular flexibility index (Phi) is 3.37. The van der Waals surface area contributed by atoms with Gasteiger partial charge in [-0.2, -0.15) is 4.68 Å². The second kappa shape index (κ2) is 4.97. The lowest BCUT2D eigenvalue weighted by Gasteiger charge is -2.09. The molecule has 2 aromatic rings. The van der Waals surface area contributed by atoms with Crippen molar-refractivity contribution in [2.24, 2.45) is 0 Å². The molecule has 0 aromatic carbocycles. The summed E-state index contributed by atoms with van der Waals surface area (Å²) in [7, 11) is 4.85. The summed E-state index contributed by atoms with van der Waals surface area (Å²) >= 11 is 0. The zero-order chi connectivity index (χ0) is 14.0. The van der Waals surface area contributed by atoms with Crippen molar-refractivity contribution in [2.45, 2.75) is 0 Å².